The summed E-state index contributed by atoms with van der Waals surface area (Å²) in [6.45, 7) is 8.42. The molecule has 13 heavy (non-hydrogen) atoms. The number of hydrogen-bond donors (Lipinski definition) is 0. The molecular weight excluding hydrogens is 164 g/mol. The zero-order valence-corrected chi connectivity index (χ0v) is 9.08. The van der Waals surface area contributed by atoms with Crippen molar-refractivity contribution in [2.45, 2.75) is 46.3 Å². The highest BCUT2D eigenvalue weighted by molar-refractivity contribution is 4.70. The SMILES string of the molecule is CCCCO[C@@H]1C[C@@H](C(C)C)CO1. The summed E-state index contributed by atoms with van der Waals surface area (Å²) in [5.41, 5.74) is 0. The Hall–Kier alpha value is -0.0800. The molecule has 1 aliphatic rings. The molecule has 0 unspecified atom stereocenters. The summed E-state index contributed by atoms with van der Waals surface area (Å²) in [5.74, 6) is 1.42. The smallest absolute Gasteiger partial charge is 0.157 e. The summed E-state index contributed by atoms with van der Waals surface area (Å²) in [6, 6.07) is 0. The Morgan fingerprint density at radius 3 is 2.77 bits per heavy atom. The van der Waals surface area contributed by atoms with E-state index in [2.05, 4.69) is 20.8 Å². The Balaban J connectivity index is 2.10. The first-order valence-corrected chi connectivity index (χ1v) is 5.47. The molecule has 0 bridgehead atoms. The highest BCUT2D eigenvalue weighted by Gasteiger charge is 2.27. The van der Waals surface area contributed by atoms with Gasteiger partial charge in [-0.25, -0.2) is 0 Å². The van der Waals surface area contributed by atoms with Gasteiger partial charge < -0.3 is 9.47 Å². The van der Waals surface area contributed by atoms with Crippen molar-refractivity contribution in [1.82, 2.24) is 0 Å². The predicted octanol–water partition coefficient (Wildman–Crippen LogP) is 2.82. The molecule has 1 rings (SSSR count). The van der Waals surface area contributed by atoms with E-state index in [-0.39, 0.29) is 6.29 Å². The van der Waals surface area contributed by atoms with Gasteiger partial charge in [-0.1, -0.05) is 27.2 Å². The quantitative estimate of drug-likeness (QED) is 0.615. The molecule has 0 N–H and O–H groups in total. The van der Waals surface area contributed by atoms with Crippen LogP contribution in [0.4, 0.5) is 0 Å². The average molecular weight is 186 g/mol. The second kappa shape index (κ2) is 5.61. The Morgan fingerprint density at radius 1 is 1.46 bits per heavy atom. The van der Waals surface area contributed by atoms with Crippen molar-refractivity contribution < 1.29 is 9.47 Å². The minimum absolute atomic E-state index is 0.0824. The number of rotatable bonds is 5. The largest absolute Gasteiger partial charge is 0.353 e. The van der Waals surface area contributed by atoms with Crippen molar-refractivity contribution in [2.24, 2.45) is 11.8 Å². The van der Waals surface area contributed by atoms with Crippen LogP contribution in [-0.2, 0) is 9.47 Å². The summed E-state index contributed by atoms with van der Waals surface area (Å²) in [4.78, 5) is 0. The highest BCUT2D eigenvalue weighted by atomic mass is 16.7. The molecule has 0 spiro atoms. The van der Waals surface area contributed by atoms with Gasteiger partial charge in [0.2, 0.25) is 0 Å². The van der Waals surface area contributed by atoms with Gasteiger partial charge in [0.1, 0.15) is 0 Å². The van der Waals surface area contributed by atoms with E-state index in [1.807, 2.05) is 0 Å². The van der Waals surface area contributed by atoms with Crippen LogP contribution in [0.25, 0.3) is 0 Å². The fourth-order valence-corrected chi connectivity index (χ4v) is 1.55. The van der Waals surface area contributed by atoms with Crippen molar-refractivity contribution in [3.63, 3.8) is 0 Å². The molecule has 78 valence electrons. The second-order valence-corrected chi connectivity index (χ2v) is 4.23. The number of unbranched alkanes of at least 4 members (excludes halogenated alkanes) is 1. The van der Waals surface area contributed by atoms with Crippen LogP contribution in [-0.4, -0.2) is 19.5 Å². The van der Waals surface area contributed by atoms with Gasteiger partial charge in [0, 0.05) is 13.0 Å². The second-order valence-electron chi connectivity index (χ2n) is 4.23. The normalized spacial score (nSPS) is 28.6. The van der Waals surface area contributed by atoms with Crippen molar-refractivity contribution in [3.05, 3.63) is 0 Å². The number of ether oxygens (including phenoxy) is 2. The van der Waals surface area contributed by atoms with E-state index in [4.69, 9.17) is 9.47 Å². The van der Waals surface area contributed by atoms with E-state index in [9.17, 15) is 0 Å². The van der Waals surface area contributed by atoms with Gasteiger partial charge in [-0.2, -0.15) is 0 Å². The summed E-state index contributed by atoms with van der Waals surface area (Å²) >= 11 is 0. The van der Waals surface area contributed by atoms with Gasteiger partial charge in [0.25, 0.3) is 0 Å². The van der Waals surface area contributed by atoms with E-state index < -0.39 is 0 Å². The van der Waals surface area contributed by atoms with Gasteiger partial charge in [-0.05, 0) is 18.3 Å². The first-order valence-electron chi connectivity index (χ1n) is 5.47. The standard InChI is InChI=1S/C11H22O2/c1-4-5-6-12-11-7-10(8-13-11)9(2)3/h9-11H,4-8H2,1-3H3/t10-,11+/m1/s1. The maximum absolute atomic E-state index is 5.60. The minimum Gasteiger partial charge on any atom is -0.353 e. The average Bonchev–Trinajstić information content (AvgIpc) is 2.53. The molecule has 0 aromatic heterocycles. The highest BCUT2D eigenvalue weighted by Crippen LogP contribution is 2.26. The zero-order chi connectivity index (χ0) is 9.68. The van der Waals surface area contributed by atoms with Crippen LogP contribution in [0.2, 0.25) is 0 Å². The van der Waals surface area contributed by atoms with Crippen LogP contribution in [0, 0.1) is 11.8 Å². The Kier molecular flexibility index (Phi) is 4.74. The topological polar surface area (TPSA) is 18.5 Å². The van der Waals surface area contributed by atoms with E-state index in [1.165, 1.54) is 6.42 Å². The van der Waals surface area contributed by atoms with Gasteiger partial charge in [0.15, 0.2) is 6.29 Å². The lowest BCUT2D eigenvalue weighted by Gasteiger charge is -2.12. The maximum Gasteiger partial charge on any atom is 0.157 e. The van der Waals surface area contributed by atoms with Crippen molar-refractivity contribution in [2.75, 3.05) is 13.2 Å². The van der Waals surface area contributed by atoms with Crippen LogP contribution in [0.5, 0.6) is 0 Å². The maximum atomic E-state index is 5.60. The van der Waals surface area contributed by atoms with Crippen molar-refractivity contribution >= 4 is 0 Å². The Morgan fingerprint density at radius 2 is 2.23 bits per heavy atom. The molecule has 1 heterocycles. The molecule has 2 heteroatoms. The van der Waals surface area contributed by atoms with Crippen LogP contribution in [0.3, 0.4) is 0 Å². The Labute approximate surface area is 81.6 Å². The molecule has 0 radical (unpaired) electrons. The summed E-state index contributed by atoms with van der Waals surface area (Å²) in [5, 5.41) is 0. The third kappa shape index (κ3) is 3.65. The first kappa shape index (κ1) is 11.0. The van der Waals surface area contributed by atoms with Crippen LogP contribution in [0.15, 0.2) is 0 Å². The fraction of sp³-hybridized carbons (Fsp3) is 1.00. The molecule has 0 aliphatic carbocycles. The van der Waals surface area contributed by atoms with Crippen LogP contribution in [0.1, 0.15) is 40.0 Å². The van der Waals surface area contributed by atoms with Crippen molar-refractivity contribution in [3.8, 4) is 0 Å². The van der Waals surface area contributed by atoms with E-state index in [0.717, 1.165) is 32.0 Å². The van der Waals surface area contributed by atoms with Crippen LogP contribution < -0.4 is 0 Å². The van der Waals surface area contributed by atoms with E-state index in [1.54, 1.807) is 0 Å². The molecule has 2 nitrogen and oxygen atoms in total. The molecular formula is C11H22O2. The molecule has 0 aromatic carbocycles. The summed E-state index contributed by atoms with van der Waals surface area (Å²) in [7, 11) is 0. The summed E-state index contributed by atoms with van der Waals surface area (Å²) < 4.78 is 11.2. The minimum atomic E-state index is 0.0824. The van der Waals surface area contributed by atoms with E-state index in [0.29, 0.717) is 5.92 Å². The van der Waals surface area contributed by atoms with Gasteiger partial charge in [-0.3, -0.25) is 0 Å². The molecule has 2 atom stereocenters. The fourth-order valence-electron chi connectivity index (χ4n) is 1.55. The van der Waals surface area contributed by atoms with Gasteiger partial charge >= 0.3 is 0 Å². The summed E-state index contributed by atoms with van der Waals surface area (Å²) in [6.07, 6.45) is 3.51. The molecule has 1 aliphatic heterocycles. The predicted molar refractivity (Wildman–Crippen MR) is 53.5 cm³/mol. The van der Waals surface area contributed by atoms with Gasteiger partial charge in [0.05, 0.1) is 6.61 Å². The molecule has 1 fully saturated rings. The third-order valence-electron chi connectivity index (χ3n) is 2.74. The molecule has 0 aromatic rings. The zero-order valence-electron chi connectivity index (χ0n) is 9.08. The monoisotopic (exact) mass is 186 g/mol. The third-order valence-corrected chi connectivity index (χ3v) is 2.74. The molecule has 0 amide bonds. The number of hydrogen-bond acceptors (Lipinski definition) is 2. The lowest BCUT2D eigenvalue weighted by Crippen LogP contribution is -2.12. The lowest BCUT2D eigenvalue weighted by atomic mass is 9.95. The van der Waals surface area contributed by atoms with E-state index >= 15 is 0 Å². The first-order chi connectivity index (χ1) is 6.24. The van der Waals surface area contributed by atoms with Crippen molar-refractivity contribution in [1.29, 1.82) is 0 Å². The molecule has 0 saturated carbocycles. The molecule has 1 saturated heterocycles. The van der Waals surface area contributed by atoms with Gasteiger partial charge in [-0.15, -0.1) is 0 Å². The van der Waals surface area contributed by atoms with Crippen LogP contribution >= 0.6 is 0 Å². The lowest BCUT2D eigenvalue weighted by molar-refractivity contribution is -0.111. The Bertz CT molecular complexity index is 134.